The zero-order valence-corrected chi connectivity index (χ0v) is 6.62. The predicted molar refractivity (Wildman–Crippen MR) is 50.2 cm³/mol. The van der Waals surface area contributed by atoms with Crippen LogP contribution < -0.4 is 0 Å². The highest BCUT2D eigenvalue weighted by Crippen LogP contribution is 2.39. The molecule has 0 spiro atoms. The van der Waals surface area contributed by atoms with Gasteiger partial charge in [0.15, 0.2) is 0 Å². The minimum Gasteiger partial charge on any atom is -0.258 e. The van der Waals surface area contributed by atoms with Crippen molar-refractivity contribution in [2.45, 2.75) is 12.8 Å². The first-order chi connectivity index (χ1) is 5.95. The Balaban J connectivity index is 2.35. The van der Waals surface area contributed by atoms with Gasteiger partial charge in [-0.1, -0.05) is 12.1 Å². The van der Waals surface area contributed by atoms with Gasteiger partial charge in [0.1, 0.15) is 0 Å². The molecule has 2 heterocycles. The van der Waals surface area contributed by atoms with Gasteiger partial charge in [0.25, 0.3) is 0 Å². The second kappa shape index (κ2) is 2.03. The van der Waals surface area contributed by atoms with E-state index >= 15 is 0 Å². The van der Waals surface area contributed by atoms with E-state index in [1.807, 2.05) is 12.4 Å². The van der Waals surface area contributed by atoms with Crippen LogP contribution in [0, 0.1) is 0 Å². The number of fused-ring (bicyclic) bond motifs is 3. The fourth-order valence-corrected chi connectivity index (χ4v) is 1.75. The number of rotatable bonds is 0. The molecular formula is C10H8N2. The normalized spacial score (nSPS) is 16.7. The Kier molecular flexibility index (Phi) is 1.04. The number of benzene rings is 1. The largest absolute Gasteiger partial charge is 0.258 e. The molecule has 2 aliphatic rings. The van der Waals surface area contributed by atoms with Crippen molar-refractivity contribution >= 4 is 23.8 Å². The van der Waals surface area contributed by atoms with E-state index in [1.54, 1.807) is 0 Å². The maximum atomic E-state index is 4.33. The summed E-state index contributed by atoms with van der Waals surface area (Å²) in [6.07, 6.45) is 5.86. The Morgan fingerprint density at radius 3 is 1.83 bits per heavy atom. The van der Waals surface area contributed by atoms with Gasteiger partial charge in [0.2, 0.25) is 0 Å². The lowest BCUT2D eigenvalue weighted by Gasteiger charge is -2.01. The summed E-state index contributed by atoms with van der Waals surface area (Å²) in [6.45, 7) is 0. The fourth-order valence-electron chi connectivity index (χ4n) is 1.75. The summed E-state index contributed by atoms with van der Waals surface area (Å²) < 4.78 is 0. The Morgan fingerprint density at radius 1 is 0.833 bits per heavy atom. The van der Waals surface area contributed by atoms with Gasteiger partial charge < -0.3 is 0 Å². The Hall–Kier alpha value is -1.44. The van der Waals surface area contributed by atoms with Gasteiger partial charge in [-0.15, -0.1) is 0 Å². The lowest BCUT2D eigenvalue weighted by Crippen LogP contribution is -1.82. The van der Waals surface area contributed by atoms with Crippen molar-refractivity contribution in [3.63, 3.8) is 0 Å². The van der Waals surface area contributed by atoms with E-state index < -0.39 is 0 Å². The third kappa shape index (κ3) is 0.644. The molecule has 0 bridgehead atoms. The monoisotopic (exact) mass is 156 g/mol. The van der Waals surface area contributed by atoms with Crippen LogP contribution in [-0.2, 0) is 12.8 Å². The smallest absolute Gasteiger partial charge is 0.0920 e. The van der Waals surface area contributed by atoms with Gasteiger partial charge in [-0.2, -0.15) is 0 Å². The number of nitrogens with zero attached hydrogens (tertiary/aromatic N) is 2. The molecule has 2 nitrogen and oxygen atoms in total. The van der Waals surface area contributed by atoms with Crippen LogP contribution in [0.2, 0.25) is 0 Å². The van der Waals surface area contributed by atoms with Gasteiger partial charge in [-0.25, -0.2) is 0 Å². The van der Waals surface area contributed by atoms with Crippen LogP contribution in [0.4, 0.5) is 11.4 Å². The van der Waals surface area contributed by atoms with E-state index in [9.17, 15) is 0 Å². The zero-order valence-electron chi connectivity index (χ0n) is 6.62. The molecule has 2 heteroatoms. The average Bonchev–Trinajstić information content (AvgIpc) is 2.71. The molecule has 0 aliphatic carbocycles. The third-order valence-electron chi connectivity index (χ3n) is 2.38. The molecule has 0 amide bonds. The van der Waals surface area contributed by atoms with E-state index in [1.165, 1.54) is 11.1 Å². The van der Waals surface area contributed by atoms with Crippen molar-refractivity contribution < 1.29 is 0 Å². The summed E-state index contributed by atoms with van der Waals surface area (Å²) in [5, 5.41) is 0. The first-order valence-electron chi connectivity index (χ1n) is 4.15. The highest BCUT2D eigenvalue weighted by Gasteiger charge is 2.16. The standard InChI is InChI=1S/C10H8N2/c1-2-8-4-6-12-10(8)9-7(1)3-5-11-9/h1-2,5-6H,3-4H2. The van der Waals surface area contributed by atoms with Crippen LogP contribution in [0.15, 0.2) is 22.1 Å². The minimum absolute atomic E-state index is 0.970. The Morgan fingerprint density at radius 2 is 1.33 bits per heavy atom. The second-order valence-electron chi connectivity index (χ2n) is 3.11. The summed E-state index contributed by atoms with van der Waals surface area (Å²) >= 11 is 0. The highest BCUT2D eigenvalue weighted by atomic mass is 14.9. The molecule has 58 valence electrons. The summed E-state index contributed by atoms with van der Waals surface area (Å²) in [6, 6.07) is 4.33. The van der Waals surface area contributed by atoms with Gasteiger partial charge in [-0.05, 0) is 11.1 Å². The molecule has 0 aromatic heterocycles. The van der Waals surface area contributed by atoms with E-state index in [2.05, 4.69) is 22.1 Å². The van der Waals surface area contributed by atoms with Crippen molar-refractivity contribution in [2.75, 3.05) is 0 Å². The van der Waals surface area contributed by atoms with E-state index in [4.69, 9.17) is 0 Å². The lowest BCUT2D eigenvalue weighted by molar-refractivity contribution is 1.34. The van der Waals surface area contributed by atoms with Crippen LogP contribution in [-0.4, -0.2) is 12.4 Å². The summed E-state index contributed by atoms with van der Waals surface area (Å²) in [5.41, 5.74) is 4.82. The second-order valence-corrected chi connectivity index (χ2v) is 3.11. The van der Waals surface area contributed by atoms with Crippen molar-refractivity contribution in [1.29, 1.82) is 0 Å². The van der Waals surface area contributed by atoms with E-state index in [-0.39, 0.29) is 0 Å². The van der Waals surface area contributed by atoms with Crippen LogP contribution in [0.1, 0.15) is 11.1 Å². The summed E-state index contributed by atoms with van der Waals surface area (Å²) in [7, 11) is 0. The topological polar surface area (TPSA) is 24.7 Å². The Labute approximate surface area is 70.7 Å². The minimum atomic E-state index is 0.970. The lowest BCUT2D eigenvalue weighted by atomic mass is 10.1. The predicted octanol–water partition coefficient (Wildman–Crippen LogP) is 2.20. The van der Waals surface area contributed by atoms with Crippen molar-refractivity contribution in [3.8, 4) is 0 Å². The van der Waals surface area contributed by atoms with Crippen LogP contribution in [0.5, 0.6) is 0 Å². The molecule has 0 fully saturated rings. The Bertz CT molecular complexity index is 364. The van der Waals surface area contributed by atoms with E-state index in [0.717, 1.165) is 24.2 Å². The van der Waals surface area contributed by atoms with Gasteiger partial charge in [0, 0.05) is 25.3 Å². The molecule has 0 atom stereocenters. The average molecular weight is 156 g/mol. The number of aliphatic imine (C=N–C) groups is 2. The summed E-state index contributed by atoms with van der Waals surface area (Å²) in [5.74, 6) is 0. The van der Waals surface area contributed by atoms with Crippen LogP contribution in [0.25, 0.3) is 0 Å². The maximum Gasteiger partial charge on any atom is 0.0920 e. The number of hydrogen-bond donors (Lipinski definition) is 0. The molecule has 0 N–H and O–H groups in total. The summed E-state index contributed by atoms with van der Waals surface area (Å²) in [4.78, 5) is 8.66. The van der Waals surface area contributed by atoms with Gasteiger partial charge >= 0.3 is 0 Å². The molecule has 1 aromatic rings. The van der Waals surface area contributed by atoms with Gasteiger partial charge in [-0.3, -0.25) is 9.98 Å². The molecule has 1 aromatic carbocycles. The molecule has 3 rings (SSSR count). The maximum absolute atomic E-state index is 4.33. The third-order valence-corrected chi connectivity index (χ3v) is 2.38. The fraction of sp³-hybridized carbons (Fsp3) is 0.200. The molecule has 0 saturated carbocycles. The van der Waals surface area contributed by atoms with E-state index in [0.29, 0.717) is 0 Å². The quantitative estimate of drug-likeness (QED) is 0.550. The first kappa shape index (κ1) is 6.12. The molecule has 0 radical (unpaired) electrons. The van der Waals surface area contributed by atoms with Gasteiger partial charge in [0.05, 0.1) is 11.4 Å². The molecule has 0 unspecified atom stereocenters. The van der Waals surface area contributed by atoms with Crippen LogP contribution in [0.3, 0.4) is 0 Å². The number of hydrogen-bond acceptors (Lipinski definition) is 2. The first-order valence-corrected chi connectivity index (χ1v) is 4.15. The van der Waals surface area contributed by atoms with Crippen molar-refractivity contribution in [1.82, 2.24) is 0 Å². The zero-order chi connectivity index (χ0) is 7.97. The van der Waals surface area contributed by atoms with Crippen molar-refractivity contribution in [3.05, 3.63) is 23.3 Å². The van der Waals surface area contributed by atoms with Crippen LogP contribution >= 0.6 is 0 Å². The highest BCUT2D eigenvalue weighted by molar-refractivity contribution is 5.89. The van der Waals surface area contributed by atoms with Crippen molar-refractivity contribution in [2.24, 2.45) is 9.98 Å². The molecule has 12 heavy (non-hydrogen) atoms. The molecular weight excluding hydrogens is 148 g/mol. The SMILES string of the molecule is C1=Nc2c(ccc3c2N=CC3)C1. The molecule has 0 saturated heterocycles. The molecule has 2 aliphatic heterocycles.